The highest BCUT2D eigenvalue weighted by molar-refractivity contribution is 5.78. The van der Waals surface area contributed by atoms with Crippen LogP contribution in [-0.2, 0) is 17.8 Å². The highest BCUT2D eigenvalue weighted by atomic mass is 16.5. The van der Waals surface area contributed by atoms with Crippen molar-refractivity contribution >= 4 is 5.91 Å². The summed E-state index contributed by atoms with van der Waals surface area (Å²) in [5.41, 5.74) is 0. The van der Waals surface area contributed by atoms with E-state index in [2.05, 4.69) is 22.4 Å². The summed E-state index contributed by atoms with van der Waals surface area (Å²) < 4.78 is 5.22. The Morgan fingerprint density at radius 3 is 2.90 bits per heavy atom. The van der Waals surface area contributed by atoms with Crippen molar-refractivity contribution in [2.45, 2.75) is 32.7 Å². The van der Waals surface area contributed by atoms with Crippen LogP contribution in [0.2, 0.25) is 0 Å². The molecule has 1 fully saturated rings. The van der Waals surface area contributed by atoms with Gasteiger partial charge in [-0.3, -0.25) is 9.69 Å². The number of carbonyl (C=O) groups is 1. The number of amides is 1. The van der Waals surface area contributed by atoms with Gasteiger partial charge in [0.25, 0.3) is 0 Å². The molecule has 0 aromatic carbocycles. The Hall–Kier alpha value is -1.47. The van der Waals surface area contributed by atoms with Gasteiger partial charge in [0.2, 0.25) is 11.8 Å². The zero-order chi connectivity index (χ0) is 15.1. The third-order valence-electron chi connectivity index (χ3n) is 3.54. The molecule has 1 aromatic heterocycles. The van der Waals surface area contributed by atoms with Gasteiger partial charge < -0.3 is 14.7 Å². The van der Waals surface area contributed by atoms with Crippen LogP contribution in [0.1, 0.15) is 31.5 Å². The average molecular weight is 295 g/mol. The third kappa shape index (κ3) is 5.09. The van der Waals surface area contributed by atoms with E-state index < -0.39 is 0 Å². The summed E-state index contributed by atoms with van der Waals surface area (Å²) in [4.78, 5) is 20.3. The first-order chi connectivity index (χ1) is 10.2. The van der Waals surface area contributed by atoms with Crippen molar-refractivity contribution in [1.29, 1.82) is 0 Å². The number of hydrogen-bond acceptors (Lipinski definition) is 6. The summed E-state index contributed by atoms with van der Waals surface area (Å²) in [6.07, 6.45) is 3.03. The second-order valence-electron chi connectivity index (χ2n) is 5.51. The number of carbonyl (C=O) groups excluding carboxylic acids is 1. The monoisotopic (exact) mass is 295 g/mol. The van der Waals surface area contributed by atoms with Crippen LogP contribution in [0.3, 0.4) is 0 Å². The Balaban J connectivity index is 1.76. The molecule has 0 atom stereocenters. The minimum atomic E-state index is 0.157. The van der Waals surface area contributed by atoms with Crippen LogP contribution in [0.5, 0.6) is 0 Å². The van der Waals surface area contributed by atoms with Crippen molar-refractivity contribution in [3.8, 4) is 0 Å². The van der Waals surface area contributed by atoms with Crippen LogP contribution in [-0.4, -0.2) is 65.6 Å². The van der Waals surface area contributed by atoms with Crippen molar-refractivity contribution < 1.29 is 9.32 Å². The number of unbranched alkanes of at least 4 members (excludes halogenated alkanes) is 1. The summed E-state index contributed by atoms with van der Waals surface area (Å²) in [5.74, 6) is 1.50. The van der Waals surface area contributed by atoms with Gasteiger partial charge in [-0.2, -0.15) is 4.98 Å². The molecule has 1 aliphatic rings. The van der Waals surface area contributed by atoms with Crippen LogP contribution < -0.4 is 5.32 Å². The Bertz CT molecular complexity index is 442. The average Bonchev–Trinajstić information content (AvgIpc) is 2.93. The fourth-order valence-corrected chi connectivity index (χ4v) is 2.32. The van der Waals surface area contributed by atoms with Gasteiger partial charge in [-0.1, -0.05) is 18.5 Å². The summed E-state index contributed by atoms with van der Waals surface area (Å²) >= 11 is 0. The molecular weight excluding hydrogens is 270 g/mol. The van der Waals surface area contributed by atoms with Crippen LogP contribution >= 0.6 is 0 Å². The maximum absolute atomic E-state index is 12.1. The highest BCUT2D eigenvalue weighted by Crippen LogP contribution is 2.05. The maximum atomic E-state index is 12.1. The van der Waals surface area contributed by atoms with Crippen molar-refractivity contribution in [3.05, 3.63) is 11.7 Å². The minimum Gasteiger partial charge on any atom is -0.339 e. The van der Waals surface area contributed by atoms with E-state index in [-0.39, 0.29) is 5.91 Å². The number of rotatable bonds is 7. The Morgan fingerprint density at radius 1 is 1.43 bits per heavy atom. The van der Waals surface area contributed by atoms with Gasteiger partial charge in [0.05, 0.1) is 13.1 Å². The van der Waals surface area contributed by atoms with Gasteiger partial charge in [0, 0.05) is 32.6 Å². The Labute approximate surface area is 125 Å². The molecule has 0 radical (unpaired) electrons. The van der Waals surface area contributed by atoms with Gasteiger partial charge >= 0.3 is 0 Å². The number of nitrogens with one attached hydrogen (secondary N) is 1. The van der Waals surface area contributed by atoms with E-state index in [0.29, 0.717) is 19.0 Å². The molecule has 0 spiro atoms. The number of nitrogens with zero attached hydrogens (tertiary/aromatic N) is 4. The lowest BCUT2D eigenvalue weighted by molar-refractivity contribution is -0.132. The van der Waals surface area contributed by atoms with E-state index in [1.54, 1.807) is 0 Å². The molecule has 1 N–H and O–H groups in total. The number of piperazine rings is 1. The zero-order valence-electron chi connectivity index (χ0n) is 13.0. The summed E-state index contributed by atoms with van der Waals surface area (Å²) in [7, 11) is 1.90. The summed E-state index contributed by atoms with van der Waals surface area (Å²) in [6, 6.07) is 0. The lowest BCUT2D eigenvalue weighted by Gasteiger charge is -2.28. The first-order valence-electron chi connectivity index (χ1n) is 7.67. The molecule has 7 heteroatoms. The predicted molar refractivity (Wildman–Crippen MR) is 78.7 cm³/mol. The van der Waals surface area contributed by atoms with Crippen LogP contribution in [0.4, 0.5) is 0 Å². The van der Waals surface area contributed by atoms with Crippen molar-refractivity contribution in [3.63, 3.8) is 0 Å². The quantitative estimate of drug-likeness (QED) is 0.778. The smallest absolute Gasteiger partial charge is 0.240 e. The minimum absolute atomic E-state index is 0.157. The van der Waals surface area contributed by atoms with Crippen LogP contribution in [0, 0.1) is 0 Å². The number of aromatic nitrogens is 2. The van der Waals surface area contributed by atoms with Crippen molar-refractivity contribution in [2.75, 3.05) is 39.8 Å². The second-order valence-corrected chi connectivity index (χ2v) is 5.51. The van der Waals surface area contributed by atoms with E-state index in [4.69, 9.17) is 4.52 Å². The van der Waals surface area contributed by atoms with Crippen LogP contribution in [0.25, 0.3) is 0 Å². The molecule has 1 aromatic rings. The van der Waals surface area contributed by atoms with Crippen LogP contribution in [0.15, 0.2) is 4.52 Å². The molecule has 2 heterocycles. The SMILES string of the molecule is CCCCc1noc(CN(C)CC(=O)N2CCNCC2)n1. The fourth-order valence-electron chi connectivity index (χ4n) is 2.32. The lowest BCUT2D eigenvalue weighted by Crippen LogP contribution is -2.49. The normalized spacial score (nSPS) is 15.7. The molecule has 118 valence electrons. The van der Waals surface area contributed by atoms with E-state index in [1.807, 2.05) is 16.8 Å². The first kappa shape index (κ1) is 15.9. The predicted octanol–water partition coefficient (Wildman–Crippen LogP) is 0.276. The van der Waals surface area contributed by atoms with Gasteiger partial charge in [0.1, 0.15) is 0 Å². The second kappa shape index (κ2) is 8.09. The van der Waals surface area contributed by atoms with Gasteiger partial charge in [-0.25, -0.2) is 0 Å². The van der Waals surface area contributed by atoms with E-state index >= 15 is 0 Å². The molecule has 7 nitrogen and oxygen atoms in total. The van der Waals surface area contributed by atoms with Gasteiger partial charge in [-0.05, 0) is 13.5 Å². The van der Waals surface area contributed by atoms with E-state index in [1.165, 1.54) is 0 Å². The van der Waals surface area contributed by atoms with Gasteiger partial charge in [-0.15, -0.1) is 0 Å². The standard InChI is InChI=1S/C14H25N5O2/c1-3-4-5-12-16-13(21-17-12)10-18(2)11-14(20)19-8-6-15-7-9-19/h15H,3-11H2,1-2H3. The number of hydrogen-bond donors (Lipinski definition) is 1. The topological polar surface area (TPSA) is 74.5 Å². The molecule has 1 aliphatic heterocycles. The van der Waals surface area contributed by atoms with Gasteiger partial charge in [0.15, 0.2) is 5.82 Å². The molecule has 0 aliphatic carbocycles. The zero-order valence-corrected chi connectivity index (χ0v) is 13.0. The molecule has 1 amide bonds. The Morgan fingerprint density at radius 2 is 2.19 bits per heavy atom. The molecule has 2 rings (SSSR count). The fraction of sp³-hybridized carbons (Fsp3) is 0.786. The van der Waals surface area contributed by atoms with E-state index in [9.17, 15) is 4.79 Å². The molecule has 0 bridgehead atoms. The van der Waals surface area contributed by atoms with E-state index in [0.717, 1.165) is 51.3 Å². The maximum Gasteiger partial charge on any atom is 0.240 e. The highest BCUT2D eigenvalue weighted by Gasteiger charge is 2.18. The summed E-state index contributed by atoms with van der Waals surface area (Å²) in [6.45, 7) is 6.35. The summed E-state index contributed by atoms with van der Waals surface area (Å²) in [5, 5.41) is 7.20. The first-order valence-corrected chi connectivity index (χ1v) is 7.67. The molecule has 0 unspecified atom stereocenters. The molecule has 1 saturated heterocycles. The number of aryl methyl sites for hydroxylation is 1. The molecular formula is C14H25N5O2. The Kier molecular flexibility index (Phi) is 6.13. The number of likely N-dealkylation sites (N-methyl/N-ethyl adjacent to an activating group) is 1. The third-order valence-corrected chi connectivity index (χ3v) is 3.54. The largest absolute Gasteiger partial charge is 0.339 e. The molecule has 0 saturated carbocycles. The van der Waals surface area contributed by atoms with Crippen molar-refractivity contribution in [1.82, 2.24) is 25.3 Å². The lowest BCUT2D eigenvalue weighted by atomic mass is 10.2. The molecule has 21 heavy (non-hydrogen) atoms. The van der Waals surface area contributed by atoms with Crippen molar-refractivity contribution in [2.24, 2.45) is 0 Å².